The Morgan fingerprint density at radius 2 is 2.32 bits per heavy atom. The summed E-state index contributed by atoms with van der Waals surface area (Å²) in [6.07, 6.45) is 1.01. The van der Waals surface area contributed by atoms with Crippen LogP contribution in [-0.2, 0) is 9.53 Å². The normalized spacial score (nSPS) is 10.4. The van der Waals surface area contributed by atoms with E-state index in [-0.39, 0.29) is 5.76 Å². The van der Waals surface area contributed by atoms with Crippen LogP contribution in [0.1, 0.15) is 5.76 Å². The maximum absolute atomic E-state index is 11.0. The molecular weight excluding hydrogens is 260 g/mol. The molecule has 102 valence electrons. The fourth-order valence-electron chi connectivity index (χ4n) is 0.999. The number of carbonyl (C=O) groups is 2. The van der Waals surface area contributed by atoms with Crippen molar-refractivity contribution in [3.8, 4) is 0 Å². The number of methoxy groups -OCH3 is 1. The largest absolute Gasteiger partial charge is 0.468 e. The van der Waals surface area contributed by atoms with Crippen molar-refractivity contribution in [3.63, 3.8) is 0 Å². The molecule has 0 saturated carbocycles. The number of furan rings is 1. The van der Waals surface area contributed by atoms with Crippen molar-refractivity contribution in [2.24, 2.45) is 10.8 Å². The number of carbonyl (C=O) groups excluding carboxylic acids is 2. The van der Waals surface area contributed by atoms with Crippen LogP contribution in [0.3, 0.4) is 0 Å². The number of hydrazone groups is 1. The highest BCUT2D eigenvalue weighted by atomic mass is 16.6. The van der Waals surface area contributed by atoms with E-state index in [4.69, 9.17) is 10.2 Å². The first-order valence-electron chi connectivity index (χ1n) is 4.86. The molecule has 2 N–H and O–H groups in total. The highest BCUT2D eigenvalue weighted by molar-refractivity contribution is 5.82. The third-order valence-electron chi connectivity index (χ3n) is 1.88. The fraction of sp³-hybridized carbons (Fsp3) is 0.222. The van der Waals surface area contributed by atoms with Crippen molar-refractivity contribution >= 4 is 24.1 Å². The van der Waals surface area contributed by atoms with Crippen molar-refractivity contribution < 1.29 is 23.7 Å². The lowest BCUT2D eigenvalue weighted by atomic mass is 10.5. The average Bonchev–Trinajstić information content (AvgIpc) is 2.82. The molecule has 2 amide bonds. The lowest BCUT2D eigenvalue weighted by Gasteiger charge is -2.11. The average molecular weight is 270 g/mol. The zero-order valence-electron chi connectivity index (χ0n) is 9.81. The van der Waals surface area contributed by atoms with Crippen molar-refractivity contribution in [1.82, 2.24) is 5.01 Å². The van der Waals surface area contributed by atoms with E-state index in [2.05, 4.69) is 9.84 Å². The van der Waals surface area contributed by atoms with Crippen molar-refractivity contribution in [1.29, 1.82) is 0 Å². The van der Waals surface area contributed by atoms with Gasteiger partial charge in [-0.25, -0.2) is 9.80 Å². The maximum Gasteiger partial charge on any atom is 0.433 e. The zero-order valence-corrected chi connectivity index (χ0v) is 9.81. The molecule has 0 aliphatic heterocycles. The number of hydrogen-bond donors (Lipinski definition) is 1. The Balaban J connectivity index is 2.77. The first-order valence-corrected chi connectivity index (χ1v) is 4.86. The molecule has 0 aliphatic rings. The second-order valence-electron chi connectivity index (χ2n) is 3.15. The van der Waals surface area contributed by atoms with Crippen molar-refractivity contribution in [2.75, 3.05) is 13.7 Å². The molecule has 1 heterocycles. The number of esters is 1. The van der Waals surface area contributed by atoms with Crippen molar-refractivity contribution in [3.05, 3.63) is 28.0 Å². The van der Waals surface area contributed by atoms with Gasteiger partial charge in [0.2, 0.25) is 0 Å². The first kappa shape index (κ1) is 14.2. The number of primary amides is 1. The van der Waals surface area contributed by atoms with Gasteiger partial charge in [0, 0.05) is 0 Å². The van der Waals surface area contributed by atoms with Gasteiger partial charge in [-0.1, -0.05) is 0 Å². The lowest BCUT2D eigenvalue weighted by Crippen LogP contribution is -2.36. The molecule has 0 aromatic carbocycles. The molecule has 1 rings (SSSR count). The summed E-state index contributed by atoms with van der Waals surface area (Å²) >= 11 is 0. The van der Waals surface area contributed by atoms with Gasteiger partial charge in [-0.2, -0.15) is 5.10 Å². The SMILES string of the molecule is COC(=O)CN(/N=C/c1ccc([N+](=O)[O-])o1)C(N)=O. The number of ether oxygens (including phenoxy) is 1. The number of nitro groups is 1. The number of nitrogens with two attached hydrogens (primary N) is 1. The van der Waals surface area contributed by atoms with E-state index in [9.17, 15) is 19.7 Å². The maximum atomic E-state index is 11.0. The highest BCUT2D eigenvalue weighted by Gasteiger charge is 2.14. The van der Waals surface area contributed by atoms with E-state index < -0.39 is 29.4 Å². The molecule has 0 radical (unpaired) electrons. The first-order chi connectivity index (χ1) is 8.93. The van der Waals surface area contributed by atoms with Gasteiger partial charge in [-0.15, -0.1) is 0 Å². The van der Waals surface area contributed by atoms with Crippen LogP contribution in [0.2, 0.25) is 0 Å². The van der Waals surface area contributed by atoms with Crippen LogP contribution >= 0.6 is 0 Å². The summed E-state index contributed by atoms with van der Waals surface area (Å²) in [5, 5.41) is 14.6. The topological polar surface area (TPSA) is 141 Å². The molecule has 10 nitrogen and oxygen atoms in total. The van der Waals surface area contributed by atoms with Gasteiger partial charge in [0.25, 0.3) is 0 Å². The van der Waals surface area contributed by atoms with Crippen LogP contribution in [0.15, 0.2) is 21.7 Å². The smallest absolute Gasteiger partial charge is 0.433 e. The number of hydrogen-bond acceptors (Lipinski definition) is 7. The summed E-state index contributed by atoms with van der Waals surface area (Å²) < 4.78 is 9.11. The van der Waals surface area contributed by atoms with Crippen LogP contribution < -0.4 is 5.73 Å². The van der Waals surface area contributed by atoms with E-state index in [1.807, 2.05) is 0 Å². The van der Waals surface area contributed by atoms with Gasteiger partial charge in [0.15, 0.2) is 5.76 Å². The quantitative estimate of drug-likeness (QED) is 0.347. The zero-order chi connectivity index (χ0) is 14.4. The Kier molecular flexibility index (Phi) is 4.57. The molecule has 1 aromatic rings. The Hall–Kier alpha value is -2.91. The Bertz CT molecular complexity index is 523. The fourth-order valence-corrected chi connectivity index (χ4v) is 0.999. The Labute approximate surface area is 106 Å². The minimum Gasteiger partial charge on any atom is -0.468 e. The lowest BCUT2D eigenvalue weighted by molar-refractivity contribution is -0.402. The summed E-state index contributed by atoms with van der Waals surface area (Å²) in [6.45, 7) is -0.481. The van der Waals surface area contributed by atoms with Gasteiger partial charge in [0.1, 0.15) is 11.5 Å². The minimum atomic E-state index is -0.984. The van der Waals surface area contributed by atoms with Gasteiger partial charge in [-0.3, -0.25) is 14.9 Å². The monoisotopic (exact) mass is 270 g/mol. The summed E-state index contributed by atoms with van der Waals surface area (Å²) in [5.74, 6) is -1.16. The van der Waals surface area contributed by atoms with Crippen LogP contribution in [0, 0.1) is 10.1 Å². The van der Waals surface area contributed by atoms with E-state index in [0.29, 0.717) is 5.01 Å². The number of urea groups is 1. The Morgan fingerprint density at radius 3 is 2.79 bits per heavy atom. The van der Waals surface area contributed by atoms with Crippen LogP contribution in [0.4, 0.5) is 10.7 Å². The van der Waals surface area contributed by atoms with E-state index in [1.165, 1.54) is 6.07 Å². The number of nitrogens with zero attached hydrogens (tertiary/aromatic N) is 3. The van der Waals surface area contributed by atoms with E-state index >= 15 is 0 Å². The molecule has 0 bridgehead atoms. The molecule has 0 atom stereocenters. The standard InChI is InChI=1S/C9H10N4O6/c1-18-8(14)5-12(9(10)15)11-4-6-2-3-7(19-6)13(16)17/h2-4H,5H2,1H3,(H2,10,15)/b11-4+. The second kappa shape index (κ2) is 6.14. The summed E-state index contributed by atoms with van der Waals surface area (Å²) in [6, 6.07) is 1.41. The van der Waals surface area contributed by atoms with E-state index in [0.717, 1.165) is 19.4 Å². The molecule has 0 unspecified atom stereocenters. The van der Waals surface area contributed by atoms with Crippen molar-refractivity contribution in [2.45, 2.75) is 0 Å². The number of rotatable bonds is 5. The molecule has 10 heteroatoms. The molecule has 0 aliphatic carbocycles. The highest BCUT2D eigenvalue weighted by Crippen LogP contribution is 2.13. The summed E-state index contributed by atoms with van der Waals surface area (Å²) in [7, 11) is 1.14. The van der Waals surface area contributed by atoms with Gasteiger partial charge < -0.3 is 14.9 Å². The third kappa shape index (κ3) is 4.11. The Morgan fingerprint density at radius 1 is 1.63 bits per heavy atom. The molecule has 19 heavy (non-hydrogen) atoms. The molecule has 0 spiro atoms. The molecule has 1 aromatic heterocycles. The predicted octanol–water partition coefficient (Wildman–Crippen LogP) is 0.0754. The second-order valence-corrected chi connectivity index (χ2v) is 3.15. The van der Waals surface area contributed by atoms with Gasteiger partial charge in [-0.05, 0) is 6.07 Å². The van der Waals surface area contributed by atoms with Crippen LogP contribution in [0.25, 0.3) is 0 Å². The van der Waals surface area contributed by atoms with Gasteiger partial charge in [0.05, 0.1) is 19.4 Å². The summed E-state index contributed by atoms with van der Waals surface area (Å²) in [5.41, 5.74) is 4.98. The van der Waals surface area contributed by atoms with Gasteiger partial charge >= 0.3 is 17.9 Å². The molecular formula is C9H10N4O6. The minimum absolute atomic E-state index is 0.0304. The number of amides is 2. The molecule has 0 saturated heterocycles. The van der Waals surface area contributed by atoms with Crippen LogP contribution in [0.5, 0.6) is 0 Å². The van der Waals surface area contributed by atoms with Crippen LogP contribution in [-0.4, -0.2) is 41.8 Å². The predicted molar refractivity (Wildman–Crippen MR) is 61.3 cm³/mol. The third-order valence-corrected chi connectivity index (χ3v) is 1.88. The molecule has 0 fully saturated rings. The summed E-state index contributed by atoms with van der Waals surface area (Å²) in [4.78, 5) is 31.6. The van der Waals surface area contributed by atoms with E-state index in [1.54, 1.807) is 0 Å².